The molecule has 0 amide bonds. The predicted molar refractivity (Wildman–Crippen MR) is 142 cm³/mol. The fraction of sp³-hybridized carbons (Fsp3) is 0.464. The number of ether oxygens (including phenoxy) is 1. The van der Waals surface area contributed by atoms with Crippen molar-refractivity contribution in [3.63, 3.8) is 0 Å². The molecule has 2 unspecified atom stereocenters. The van der Waals surface area contributed by atoms with Crippen molar-refractivity contribution in [3.05, 3.63) is 70.7 Å². The Morgan fingerprint density at radius 2 is 1.92 bits per heavy atom. The third-order valence-electron chi connectivity index (χ3n) is 7.42. The van der Waals surface area contributed by atoms with E-state index in [1.54, 1.807) is 7.11 Å². The van der Waals surface area contributed by atoms with E-state index in [1.165, 1.54) is 6.42 Å². The first-order chi connectivity index (χ1) is 18.2. The number of pyridine rings is 1. The number of rotatable bonds is 9. The molecule has 1 fully saturated rings. The van der Waals surface area contributed by atoms with E-state index in [1.807, 2.05) is 51.7 Å². The van der Waals surface area contributed by atoms with Crippen molar-refractivity contribution in [2.24, 2.45) is 0 Å². The van der Waals surface area contributed by atoms with Gasteiger partial charge in [0.15, 0.2) is 0 Å². The summed E-state index contributed by atoms with van der Waals surface area (Å²) in [5.74, 6) is 0.543. The van der Waals surface area contributed by atoms with Gasteiger partial charge in [0, 0.05) is 36.3 Å². The maximum absolute atomic E-state index is 13.7. The van der Waals surface area contributed by atoms with Gasteiger partial charge in [-0.3, -0.25) is 14.1 Å². The second-order valence-electron chi connectivity index (χ2n) is 9.80. The number of imidazole rings is 1. The maximum atomic E-state index is 13.7. The zero-order valence-electron chi connectivity index (χ0n) is 21.6. The van der Waals surface area contributed by atoms with E-state index in [-0.39, 0.29) is 17.8 Å². The molecule has 1 aliphatic carbocycles. The van der Waals surface area contributed by atoms with Gasteiger partial charge in [-0.2, -0.15) is 5.21 Å². The van der Waals surface area contributed by atoms with E-state index in [9.17, 15) is 4.79 Å². The van der Waals surface area contributed by atoms with Crippen LogP contribution in [0.15, 0.2) is 53.6 Å². The van der Waals surface area contributed by atoms with E-state index in [0.717, 1.165) is 73.0 Å². The van der Waals surface area contributed by atoms with Crippen molar-refractivity contribution >= 4 is 0 Å². The molecule has 1 aromatic carbocycles. The van der Waals surface area contributed by atoms with E-state index in [2.05, 4.69) is 33.7 Å². The number of H-pyrrole nitrogens is 1. The van der Waals surface area contributed by atoms with Crippen LogP contribution in [0.2, 0.25) is 0 Å². The molecule has 194 valence electrons. The first-order valence-electron chi connectivity index (χ1n) is 13.3. The molecule has 0 bridgehead atoms. The summed E-state index contributed by atoms with van der Waals surface area (Å²) in [5, 5.41) is 14.5. The van der Waals surface area contributed by atoms with E-state index >= 15 is 0 Å². The zero-order valence-corrected chi connectivity index (χ0v) is 21.6. The third kappa shape index (κ3) is 5.41. The van der Waals surface area contributed by atoms with E-state index in [4.69, 9.17) is 9.72 Å². The Balaban J connectivity index is 1.44. The van der Waals surface area contributed by atoms with Gasteiger partial charge in [0.05, 0.1) is 24.4 Å². The molecule has 1 saturated carbocycles. The number of aromatic amines is 1. The number of aryl methyl sites for hydroxylation is 1. The molecule has 4 aromatic rings. The SMILES string of the molecule is CCCCc1cn(C2CCCCCC2OC)c(=O)n1Cc1ccc(-c2ccccc2-c2nn[nH]n2)cn1. The van der Waals surface area contributed by atoms with Crippen LogP contribution in [0.4, 0.5) is 0 Å². The highest BCUT2D eigenvalue weighted by molar-refractivity contribution is 5.79. The van der Waals surface area contributed by atoms with Crippen LogP contribution in [-0.2, 0) is 17.7 Å². The number of benzene rings is 1. The molecule has 1 N–H and O–H groups in total. The lowest BCUT2D eigenvalue weighted by molar-refractivity contribution is 0.0500. The monoisotopic (exact) mass is 501 g/mol. The number of methoxy groups -OCH3 is 1. The topological polar surface area (TPSA) is 104 Å². The summed E-state index contributed by atoms with van der Waals surface area (Å²) in [5.41, 5.74) is 4.78. The Bertz CT molecular complexity index is 1340. The highest BCUT2D eigenvalue weighted by Crippen LogP contribution is 2.30. The second kappa shape index (κ2) is 11.6. The van der Waals surface area contributed by atoms with Crippen LogP contribution in [0.5, 0.6) is 0 Å². The molecule has 0 spiro atoms. The Morgan fingerprint density at radius 3 is 2.65 bits per heavy atom. The van der Waals surface area contributed by atoms with Crippen LogP contribution in [0.1, 0.15) is 69.3 Å². The van der Waals surface area contributed by atoms with Crippen molar-refractivity contribution in [3.8, 4) is 22.5 Å². The molecule has 9 nitrogen and oxygen atoms in total. The van der Waals surface area contributed by atoms with Gasteiger partial charge in [0.25, 0.3) is 0 Å². The number of tetrazole rings is 1. The van der Waals surface area contributed by atoms with Crippen molar-refractivity contribution in [1.82, 2.24) is 34.7 Å². The Hall–Kier alpha value is -3.59. The Labute approximate surface area is 216 Å². The summed E-state index contributed by atoms with van der Waals surface area (Å²) >= 11 is 0. The number of nitrogens with zero attached hydrogens (tertiary/aromatic N) is 6. The molecule has 9 heteroatoms. The lowest BCUT2D eigenvalue weighted by atomic mass is 10.0. The smallest absolute Gasteiger partial charge is 0.329 e. The van der Waals surface area contributed by atoms with Crippen molar-refractivity contribution < 1.29 is 4.74 Å². The number of hydrogen-bond donors (Lipinski definition) is 1. The molecule has 3 heterocycles. The molecule has 0 saturated heterocycles. The summed E-state index contributed by atoms with van der Waals surface area (Å²) in [4.78, 5) is 18.5. The van der Waals surface area contributed by atoms with Crippen LogP contribution in [-0.4, -0.2) is 48.0 Å². The number of aromatic nitrogens is 7. The zero-order chi connectivity index (χ0) is 25.6. The van der Waals surface area contributed by atoms with Gasteiger partial charge in [-0.25, -0.2) is 4.79 Å². The van der Waals surface area contributed by atoms with Crippen LogP contribution >= 0.6 is 0 Å². The molecular weight excluding hydrogens is 466 g/mol. The van der Waals surface area contributed by atoms with Crippen LogP contribution in [0.25, 0.3) is 22.5 Å². The molecule has 2 atom stereocenters. The van der Waals surface area contributed by atoms with Crippen molar-refractivity contribution in [2.75, 3.05) is 7.11 Å². The highest BCUT2D eigenvalue weighted by atomic mass is 16.5. The highest BCUT2D eigenvalue weighted by Gasteiger charge is 2.28. The maximum Gasteiger partial charge on any atom is 0.329 e. The molecule has 0 aliphatic heterocycles. The molecule has 3 aromatic heterocycles. The Kier molecular flexibility index (Phi) is 7.89. The fourth-order valence-corrected chi connectivity index (χ4v) is 5.40. The summed E-state index contributed by atoms with van der Waals surface area (Å²) in [6.45, 7) is 2.63. The largest absolute Gasteiger partial charge is 0.379 e. The first-order valence-corrected chi connectivity index (χ1v) is 13.3. The average Bonchev–Trinajstić information content (AvgIpc) is 3.50. The normalized spacial score (nSPS) is 18.1. The van der Waals surface area contributed by atoms with Gasteiger partial charge in [-0.15, -0.1) is 10.2 Å². The van der Waals surface area contributed by atoms with Crippen LogP contribution in [0, 0.1) is 0 Å². The van der Waals surface area contributed by atoms with Gasteiger partial charge < -0.3 is 4.74 Å². The first kappa shape index (κ1) is 25.1. The molecular formula is C28H35N7O2. The van der Waals surface area contributed by atoms with Crippen LogP contribution in [0.3, 0.4) is 0 Å². The van der Waals surface area contributed by atoms with Crippen molar-refractivity contribution in [1.29, 1.82) is 0 Å². The van der Waals surface area contributed by atoms with Gasteiger partial charge >= 0.3 is 5.69 Å². The van der Waals surface area contributed by atoms with E-state index in [0.29, 0.717) is 12.4 Å². The molecule has 5 rings (SSSR count). The quantitative estimate of drug-likeness (QED) is 0.330. The van der Waals surface area contributed by atoms with Gasteiger partial charge in [-0.05, 0) is 42.5 Å². The fourth-order valence-electron chi connectivity index (χ4n) is 5.40. The van der Waals surface area contributed by atoms with Gasteiger partial charge in [0.1, 0.15) is 0 Å². The summed E-state index contributed by atoms with van der Waals surface area (Å²) in [6, 6.07) is 12.1. The van der Waals surface area contributed by atoms with Gasteiger partial charge in [0.2, 0.25) is 5.82 Å². The van der Waals surface area contributed by atoms with Crippen molar-refractivity contribution in [2.45, 2.75) is 77.0 Å². The van der Waals surface area contributed by atoms with Crippen LogP contribution < -0.4 is 5.69 Å². The number of unbranched alkanes of at least 4 members (excludes halogenated alkanes) is 1. The third-order valence-corrected chi connectivity index (χ3v) is 7.42. The minimum Gasteiger partial charge on any atom is -0.379 e. The summed E-state index contributed by atoms with van der Waals surface area (Å²) in [7, 11) is 1.77. The second-order valence-corrected chi connectivity index (χ2v) is 9.80. The number of hydrogen-bond acceptors (Lipinski definition) is 6. The molecule has 37 heavy (non-hydrogen) atoms. The predicted octanol–water partition coefficient (Wildman–Crippen LogP) is 4.80. The standard InChI is InChI=1S/C28H35N7O2/c1-3-4-10-22-19-35(25-13-6-5-7-14-26(25)37-2)28(36)34(22)18-21-16-15-20(17-29-21)23-11-8-9-12-24(23)27-30-32-33-31-27/h8-9,11-12,15-17,19,25-26H,3-7,10,13-14,18H2,1-2H3,(H,30,31,32,33). The summed E-state index contributed by atoms with van der Waals surface area (Å²) in [6.07, 6.45) is 12.5. The Morgan fingerprint density at radius 1 is 1.08 bits per heavy atom. The van der Waals surface area contributed by atoms with E-state index < -0.39 is 0 Å². The summed E-state index contributed by atoms with van der Waals surface area (Å²) < 4.78 is 9.69. The molecule has 1 aliphatic rings. The number of nitrogens with one attached hydrogen (secondary N) is 1. The average molecular weight is 502 g/mol. The van der Waals surface area contributed by atoms with Gasteiger partial charge in [-0.1, -0.05) is 62.9 Å². The lowest BCUT2D eigenvalue weighted by Crippen LogP contribution is -2.34. The molecule has 0 radical (unpaired) electrons. The lowest BCUT2D eigenvalue weighted by Gasteiger charge is -2.24. The minimum atomic E-state index is 0.0355. The minimum absolute atomic E-state index is 0.0355.